The van der Waals surface area contributed by atoms with Crippen molar-refractivity contribution in [3.8, 4) is 45.6 Å². The first-order valence-corrected chi connectivity index (χ1v) is 13.0. The molecular formula is C32H22N8Na4. The molecule has 194 valence electrons. The Labute approximate surface area is 340 Å². The zero-order valence-corrected chi connectivity index (χ0v) is 20.9. The van der Waals surface area contributed by atoms with E-state index in [0.29, 0.717) is 45.9 Å². The summed E-state index contributed by atoms with van der Waals surface area (Å²) >= 11 is 0. The largest absolute Gasteiger partial charge is 0.324 e. The molecule has 3 aromatic heterocycles. The first-order chi connectivity index (χ1) is 19.8. The van der Waals surface area contributed by atoms with Crippen molar-refractivity contribution in [3.63, 3.8) is 0 Å². The predicted octanol–water partition coefficient (Wildman–Crippen LogP) is 4.28. The molecule has 4 aromatic carbocycles. The van der Waals surface area contributed by atoms with E-state index in [1.807, 2.05) is 97.1 Å². The number of fused-ring (bicyclic) bond motifs is 20. The van der Waals surface area contributed by atoms with Gasteiger partial charge < -0.3 is 9.97 Å². The fourth-order valence-electron chi connectivity index (χ4n) is 5.59. The number of nitrogens with zero attached hydrogens (tertiary/aromatic N) is 6. The van der Waals surface area contributed by atoms with Crippen LogP contribution in [-0.2, 0) is 0 Å². The zero-order chi connectivity index (χ0) is 26.2. The number of hydrogen-bond acceptors (Lipinski definition) is 6. The minimum Gasteiger partial charge on any atom is -0.324 e. The zero-order valence-electron chi connectivity index (χ0n) is 20.9. The molecule has 7 aromatic rings. The van der Waals surface area contributed by atoms with E-state index in [1.165, 1.54) is 0 Å². The van der Waals surface area contributed by atoms with Crippen molar-refractivity contribution >= 4 is 162 Å². The molecule has 0 unspecified atom stereocenters. The minimum atomic E-state index is 0. The van der Waals surface area contributed by atoms with E-state index in [4.69, 9.17) is 29.9 Å². The van der Waals surface area contributed by atoms with E-state index in [-0.39, 0.29) is 118 Å². The van der Waals surface area contributed by atoms with Crippen LogP contribution in [0.15, 0.2) is 97.1 Å². The number of nitrogens with one attached hydrogen (secondary N) is 2. The summed E-state index contributed by atoms with van der Waals surface area (Å²) in [5.74, 6) is 2.39. The SMILES string of the molecule is [NaH].[NaH].[NaH].[NaH].c1ccc2c(c1)-c1nc-2nc2[nH]c(nc3nc(nc4[nH]c(n1)c1ccccc41)-c1ccccc1-3)c1ccccc21. The topological polar surface area (TPSA) is 109 Å². The van der Waals surface area contributed by atoms with Gasteiger partial charge in [-0.05, 0) is 0 Å². The number of hydrogen-bond donors (Lipinski definition) is 2. The number of rotatable bonds is 0. The molecule has 44 heavy (non-hydrogen) atoms. The van der Waals surface area contributed by atoms with Crippen molar-refractivity contribution in [1.29, 1.82) is 0 Å². The summed E-state index contributed by atoms with van der Waals surface area (Å²) < 4.78 is 0. The van der Waals surface area contributed by atoms with E-state index in [2.05, 4.69) is 9.97 Å². The molecule has 0 spiro atoms. The Bertz CT molecular complexity index is 2050. The number of benzene rings is 4. The van der Waals surface area contributed by atoms with Crippen LogP contribution in [0.25, 0.3) is 89.7 Å². The van der Waals surface area contributed by atoms with Crippen LogP contribution in [0.3, 0.4) is 0 Å². The maximum absolute atomic E-state index is 5.02. The Balaban J connectivity index is 0.000000960. The van der Waals surface area contributed by atoms with Crippen molar-refractivity contribution < 1.29 is 0 Å². The Hall–Kier alpha value is -1.76. The van der Waals surface area contributed by atoms with E-state index >= 15 is 0 Å². The van der Waals surface area contributed by atoms with Gasteiger partial charge in [0.05, 0.1) is 0 Å². The molecule has 0 fully saturated rings. The van der Waals surface area contributed by atoms with E-state index in [9.17, 15) is 0 Å². The van der Waals surface area contributed by atoms with E-state index in [1.54, 1.807) is 0 Å². The molecule has 9 rings (SSSR count). The van der Waals surface area contributed by atoms with Crippen LogP contribution in [0.1, 0.15) is 0 Å². The van der Waals surface area contributed by atoms with Gasteiger partial charge in [-0.1, -0.05) is 97.1 Å². The van der Waals surface area contributed by atoms with Gasteiger partial charge in [0.25, 0.3) is 0 Å². The van der Waals surface area contributed by atoms with Crippen LogP contribution >= 0.6 is 0 Å². The normalized spacial score (nSPS) is 10.9. The van der Waals surface area contributed by atoms with Gasteiger partial charge in [0, 0.05) is 43.8 Å². The second kappa shape index (κ2) is 13.5. The van der Waals surface area contributed by atoms with Crippen LogP contribution < -0.4 is 0 Å². The molecule has 8 nitrogen and oxygen atoms in total. The summed E-state index contributed by atoms with van der Waals surface area (Å²) in [6, 6.07) is 32.2. The Kier molecular flexibility index (Phi) is 10.3. The van der Waals surface area contributed by atoms with Crippen LogP contribution in [0.4, 0.5) is 0 Å². The van der Waals surface area contributed by atoms with Gasteiger partial charge in [0.15, 0.2) is 23.3 Å². The molecule has 2 aliphatic rings. The maximum Gasteiger partial charge on any atom is 0.164 e. The van der Waals surface area contributed by atoms with Crippen LogP contribution in [0.2, 0.25) is 0 Å². The first-order valence-electron chi connectivity index (χ1n) is 13.0. The fraction of sp³-hybridized carbons (Fsp3) is 0. The average molecular weight is 611 g/mol. The molecule has 0 saturated carbocycles. The van der Waals surface area contributed by atoms with Crippen LogP contribution in [0.5, 0.6) is 0 Å². The second-order valence-corrected chi connectivity index (χ2v) is 9.79. The van der Waals surface area contributed by atoms with Gasteiger partial charge in [-0.2, -0.15) is 0 Å². The number of aromatic amines is 2. The number of aromatic nitrogens is 8. The first kappa shape index (κ1) is 33.6. The van der Waals surface area contributed by atoms with E-state index in [0.717, 1.165) is 43.8 Å². The standard InChI is InChI=1S/C32H18N8.4Na.4H/c1-2-10-18-17(9-1)25-33-26(18)38-28-21-13-5-6-14-22(21)30(35-28)40-32-24-16-8-7-15-23(24)31(36-32)39-29-20-12-4-3-11-19(20)27(34-29)37-25;;;;;;;;/h1-16H,(H2,33,34,35,36,37,38,39,40);;;;;;;;. The second-order valence-electron chi connectivity index (χ2n) is 9.79. The molecular weight excluding hydrogens is 588 g/mol. The molecule has 0 radical (unpaired) electrons. The van der Waals surface area contributed by atoms with Crippen molar-refractivity contribution in [3.05, 3.63) is 97.1 Å². The van der Waals surface area contributed by atoms with Crippen molar-refractivity contribution in [2.24, 2.45) is 0 Å². The van der Waals surface area contributed by atoms with Gasteiger partial charge >= 0.3 is 118 Å². The van der Waals surface area contributed by atoms with Crippen molar-refractivity contribution in [2.75, 3.05) is 0 Å². The summed E-state index contributed by atoms with van der Waals surface area (Å²) in [7, 11) is 0. The molecule has 5 heterocycles. The average Bonchev–Trinajstić information content (AvgIpc) is 3.73. The van der Waals surface area contributed by atoms with Crippen LogP contribution in [0, 0.1) is 0 Å². The Morgan fingerprint density at radius 1 is 0.295 bits per heavy atom. The Morgan fingerprint density at radius 2 is 0.523 bits per heavy atom. The van der Waals surface area contributed by atoms with Crippen molar-refractivity contribution in [2.45, 2.75) is 0 Å². The van der Waals surface area contributed by atoms with Gasteiger partial charge in [-0.3, -0.25) is 0 Å². The third-order valence-electron chi connectivity index (χ3n) is 7.46. The summed E-state index contributed by atoms with van der Waals surface area (Å²) in [5, 5.41) is 3.82. The third-order valence-corrected chi connectivity index (χ3v) is 7.46. The minimum absolute atomic E-state index is 0. The van der Waals surface area contributed by atoms with Crippen LogP contribution in [-0.4, -0.2) is 158 Å². The monoisotopic (exact) mass is 610 g/mol. The number of H-pyrrole nitrogens is 2. The molecule has 0 amide bonds. The molecule has 2 aliphatic heterocycles. The summed E-state index contributed by atoms with van der Waals surface area (Å²) in [6.45, 7) is 0. The molecule has 0 aliphatic carbocycles. The summed E-state index contributed by atoms with van der Waals surface area (Å²) in [5.41, 5.74) is 6.45. The summed E-state index contributed by atoms with van der Waals surface area (Å²) in [4.78, 5) is 36.8. The molecule has 0 saturated heterocycles. The Morgan fingerprint density at radius 3 is 0.773 bits per heavy atom. The van der Waals surface area contributed by atoms with Gasteiger partial charge in [-0.25, -0.2) is 29.9 Å². The third kappa shape index (κ3) is 5.49. The van der Waals surface area contributed by atoms with Gasteiger partial charge in [-0.15, -0.1) is 0 Å². The predicted molar refractivity (Wildman–Crippen MR) is 185 cm³/mol. The fourth-order valence-corrected chi connectivity index (χ4v) is 5.59. The van der Waals surface area contributed by atoms with E-state index < -0.39 is 0 Å². The van der Waals surface area contributed by atoms with Crippen molar-refractivity contribution in [1.82, 2.24) is 39.9 Å². The molecule has 8 bridgehead atoms. The quantitative estimate of drug-likeness (QED) is 0.248. The maximum atomic E-state index is 5.02. The molecule has 12 heteroatoms. The molecule has 2 N–H and O–H groups in total. The summed E-state index contributed by atoms with van der Waals surface area (Å²) in [6.07, 6.45) is 0. The molecule has 0 atom stereocenters. The van der Waals surface area contributed by atoms with Gasteiger partial charge in [0.2, 0.25) is 0 Å². The van der Waals surface area contributed by atoms with Gasteiger partial charge in [0.1, 0.15) is 22.6 Å². The smallest absolute Gasteiger partial charge is 0.164 e.